The molecule has 2 fully saturated rings. The molecule has 0 aliphatic carbocycles. The van der Waals surface area contributed by atoms with Gasteiger partial charge in [0, 0.05) is 18.1 Å². The standard InChI is InChI=1S/C13H19BrN2O/c1-8(12-4-5-13(14)17-12)16-10-2-3-11(16)7-9(15)6-10/h4-5,8-11H,2-3,6-7,15H2,1H3. The van der Waals surface area contributed by atoms with E-state index in [1.165, 1.54) is 12.8 Å². The first-order valence-electron chi connectivity index (χ1n) is 6.43. The van der Waals surface area contributed by atoms with Gasteiger partial charge in [-0.05, 0) is 60.7 Å². The van der Waals surface area contributed by atoms with Gasteiger partial charge >= 0.3 is 0 Å². The number of hydrogen-bond acceptors (Lipinski definition) is 3. The molecule has 0 amide bonds. The van der Waals surface area contributed by atoms with E-state index in [1.54, 1.807) is 0 Å². The number of halogens is 1. The van der Waals surface area contributed by atoms with E-state index in [4.69, 9.17) is 10.2 Å². The molecule has 17 heavy (non-hydrogen) atoms. The van der Waals surface area contributed by atoms with Gasteiger partial charge in [-0.3, -0.25) is 4.90 Å². The van der Waals surface area contributed by atoms with Gasteiger partial charge in [0.25, 0.3) is 0 Å². The van der Waals surface area contributed by atoms with Crippen molar-refractivity contribution in [3.63, 3.8) is 0 Å². The Balaban J connectivity index is 1.81. The second kappa shape index (κ2) is 4.41. The predicted molar refractivity (Wildman–Crippen MR) is 70.7 cm³/mol. The molecule has 4 heteroatoms. The fraction of sp³-hybridized carbons (Fsp3) is 0.692. The summed E-state index contributed by atoms with van der Waals surface area (Å²) in [5.41, 5.74) is 6.10. The van der Waals surface area contributed by atoms with Crippen molar-refractivity contribution < 1.29 is 4.42 Å². The summed E-state index contributed by atoms with van der Waals surface area (Å²) in [6, 6.07) is 6.13. The zero-order valence-electron chi connectivity index (χ0n) is 10.1. The van der Waals surface area contributed by atoms with Crippen LogP contribution in [-0.4, -0.2) is 23.0 Å². The molecule has 3 unspecified atom stereocenters. The third-order valence-electron chi connectivity index (χ3n) is 4.28. The molecule has 2 bridgehead atoms. The second-order valence-corrected chi connectivity index (χ2v) is 6.16. The molecule has 0 saturated carbocycles. The van der Waals surface area contributed by atoms with Crippen LogP contribution in [0.5, 0.6) is 0 Å². The first-order chi connectivity index (χ1) is 8.15. The minimum Gasteiger partial charge on any atom is -0.453 e. The van der Waals surface area contributed by atoms with Gasteiger partial charge in [0.2, 0.25) is 0 Å². The zero-order chi connectivity index (χ0) is 12.0. The van der Waals surface area contributed by atoms with Gasteiger partial charge in [-0.25, -0.2) is 0 Å². The normalized spacial score (nSPS) is 35.1. The van der Waals surface area contributed by atoms with Crippen molar-refractivity contribution in [2.75, 3.05) is 0 Å². The van der Waals surface area contributed by atoms with E-state index < -0.39 is 0 Å². The lowest BCUT2D eigenvalue weighted by Crippen LogP contribution is -2.48. The summed E-state index contributed by atoms with van der Waals surface area (Å²) < 4.78 is 6.51. The van der Waals surface area contributed by atoms with E-state index >= 15 is 0 Å². The summed E-state index contributed by atoms with van der Waals surface area (Å²) in [5.74, 6) is 1.06. The number of fused-ring (bicyclic) bond motifs is 2. The Bertz CT molecular complexity index is 392. The SMILES string of the molecule is CC(c1ccc(Br)o1)N1C2CCC1CC(N)C2. The van der Waals surface area contributed by atoms with Crippen LogP contribution in [0.2, 0.25) is 0 Å². The van der Waals surface area contributed by atoms with Crippen molar-refractivity contribution in [2.24, 2.45) is 5.73 Å². The molecule has 94 valence electrons. The summed E-state index contributed by atoms with van der Waals surface area (Å²) in [7, 11) is 0. The highest BCUT2D eigenvalue weighted by Gasteiger charge is 2.42. The Labute approximate surface area is 110 Å². The highest BCUT2D eigenvalue weighted by atomic mass is 79.9. The van der Waals surface area contributed by atoms with E-state index in [9.17, 15) is 0 Å². The van der Waals surface area contributed by atoms with Crippen molar-refractivity contribution >= 4 is 15.9 Å². The van der Waals surface area contributed by atoms with Crippen molar-refractivity contribution in [1.82, 2.24) is 4.90 Å². The number of hydrogen-bond donors (Lipinski definition) is 1. The fourth-order valence-electron chi connectivity index (χ4n) is 3.59. The lowest BCUT2D eigenvalue weighted by atomic mass is 9.96. The summed E-state index contributed by atoms with van der Waals surface area (Å²) in [5, 5.41) is 0. The molecular weight excluding hydrogens is 280 g/mol. The Morgan fingerprint density at radius 1 is 1.35 bits per heavy atom. The van der Waals surface area contributed by atoms with Gasteiger partial charge in [0.05, 0.1) is 6.04 Å². The smallest absolute Gasteiger partial charge is 0.169 e. The average molecular weight is 299 g/mol. The van der Waals surface area contributed by atoms with Crippen LogP contribution in [0.15, 0.2) is 21.2 Å². The number of nitrogens with two attached hydrogens (primary N) is 1. The second-order valence-electron chi connectivity index (χ2n) is 5.38. The van der Waals surface area contributed by atoms with Crippen molar-refractivity contribution in [2.45, 2.75) is 56.8 Å². The third-order valence-corrected chi connectivity index (χ3v) is 4.71. The van der Waals surface area contributed by atoms with Gasteiger partial charge in [-0.2, -0.15) is 0 Å². The topological polar surface area (TPSA) is 42.4 Å². The molecule has 3 heterocycles. The van der Waals surface area contributed by atoms with Crippen LogP contribution < -0.4 is 5.73 Å². The maximum Gasteiger partial charge on any atom is 0.169 e. The van der Waals surface area contributed by atoms with Crippen LogP contribution in [0.4, 0.5) is 0 Å². The summed E-state index contributed by atoms with van der Waals surface area (Å²) >= 11 is 3.37. The minimum absolute atomic E-state index is 0.367. The van der Waals surface area contributed by atoms with Crippen molar-refractivity contribution in [3.05, 3.63) is 22.6 Å². The Morgan fingerprint density at radius 2 is 2.00 bits per heavy atom. The van der Waals surface area contributed by atoms with Crippen LogP contribution in [0, 0.1) is 0 Å². The van der Waals surface area contributed by atoms with E-state index in [1.807, 2.05) is 6.07 Å². The Morgan fingerprint density at radius 3 is 2.53 bits per heavy atom. The van der Waals surface area contributed by atoms with Gasteiger partial charge in [-0.15, -0.1) is 0 Å². The summed E-state index contributed by atoms with van der Waals surface area (Å²) in [6.45, 7) is 2.24. The van der Waals surface area contributed by atoms with Crippen LogP contribution in [-0.2, 0) is 0 Å². The Hall–Kier alpha value is -0.320. The molecule has 0 aromatic carbocycles. The van der Waals surface area contributed by atoms with Crippen LogP contribution >= 0.6 is 15.9 Å². The van der Waals surface area contributed by atoms with Crippen LogP contribution in [0.3, 0.4) is 0 Å². The molecule has 3 nitrogen and oxygen atoms in total. The summed E-state index contributed by atoms with van der Waals surface area (Å²) in [6.07, 6.45) is 4.88. The van der Waals surface area contributed by atoms with E-state index in [-0.39, 0.29) is 0 Å². The van der Waals surface area contributed by atoms with Gasteiger partial charge < -0.3 is 10.2 Å². The predicted octanol–water partition coefficient (Wildman–Crippen LogP) is 3.06. The monoisotopic (exact) mass is 298 g/mol. The molecule has 2 aliphatic rings. The maximum absolute atomic E-state index is 6.10. The number of nitrogens with zero attached hydrogens (tertiary/aromatic N) is 1. The minimum atomic E-state index is 0.367. The molecule has 0 radical (unpaired) electrons. The molecule has 2 N–H and O–H groups in total. The largest absolute Gasteiger partial charge is 0.453 e. The molecular formula is C13H19BrN2O. The van der Waals surface area contributed by atoms with E-state index in [0.717, 1.165) is 23.3 Å². The van der Waals surface area contributed by atoms with Crippen LogP contribution in [0.1, 0.15) is 44.4 Å². The van der Waals surface area contributed by atoms with Gasteiger partial charge in [0.15, 0.2) is 4.67 Å². The Kier molecular flexibility index (Phi) is 3.05. The number of rotatable bonds is 2. The maximum atomic E-state index is 6.10. The lowest BCUT2D eigenvalue weighted by molar-refractivity contribution is 0.0742. The number of furan rings is 1. The molecule has 3 atom stereocenters. The van der Waals surface area contributed by atoms with Gasteiger partial charge in [0.1, 0.15) is 5.76 Å². The van der Waals surface area contributed by atoms with Gasteiger partial charge in [-0.1, -0.05) is 0 Å². The molecule has 2 aliphatic heterocycles. The zero-order valence-corrected chi connectivity index (χ0v) is 11.7. The van der Waals surface area contributed by atoms with Crippen molar-refractivity contribution in [3.8, 4) is 0 Å². The fourth-order valence-corrected chi connectivity index (χ4v) is 3.91. The lowest BCUT2D eigenvalue weighted by Gasteiger charge is -2.40. The first kappa shape index (κ1) is 11.8. The summed E-state index contributed by atoms with van der Waals surface area (Å²) in [4.78, 5) is 2.62. The third kappa shape index (κ3) is 2.07. The molecule has 1 aromatic heterocycles. The molecule has 0 spiro atoms. The van der Waals surface area contributed by atoms with Crippen LogP contribution in [0.25, 0.3) is 0 Å². The molecule has 1 aromatic rings. The van der Waals surface area contributed by atoms with E-state index in [2.05, 4.69) is 33.8 Å². The first-order valence-corrected chi connectivity index (χ1v) is 7.22. The van der Waals surface area contributed by atoms with E-state index in [0.29, 0.717) is 24.2 Å². The highest BCUT2D eigenvalue weighted by Crippen LogP contribution is 2.41. The molecule has 2 saturated heterocycles. The average Bonchev–Trinajstić information content (AvgIpc) is 2.81. The molecule has 3 rings (SSSR count). The number of piperidine rings is 1. The highest BCUT2D eigenvalue weighted by molar-refractivity contribution is 9.10. The van der Waals surface area contributed by atoms with Crippen molar-refractivity contribution in [1.29, 1.82) is 0 Å². The quantitative estimate of drug-likeness (QED) is 0.912.